The molecule has 3 aromatic rings. The summed E-state index contributed by atoms with van der Waals surface area (Å²) in [6.45, 7) is 19.6. The third-order valence-corrected chi connectivity index (χ3v) is 18.7. The van der Waals surface area contributed by atoms with E-state index in [0.29, 0.717) is 83.1 Å². The number of primary amides is 1. The molecule has 0 radical (unpaired) electrons. The summed E-state index contributed by atoms with van der Waals surface area (Å²) in [5, 5.41) is 19.6. The third-order valence-electron chi connectivity index (χ3n) is 17.8. The predicted molar refractivity (Wildman–Crippen MR) is 381 cm³/mol. The van der Waals surface area contributed by atoms with Gasteiger partial charge in [0.25, 0.3) is 0 Å². The molecule has 2 aromatic carbocycles. The van der Waals surface area contributed by atoms with Crippen LogP contribution in [0, 0.1) is 29.6 Å². The molecule has 29 nitrogen and oxygen atoms in total. The minimum Gasteiger partial charge on any atom is -0.445 e. The highest BCUT2D eigenvalue weighted by atomic mass is 32.1. The molecule has 566 valence electrons. The fourth-order valence-electron chi connectivity index (χ4n) is 12.1. The highest BCUT2D eigenvalue weighted by Crippen LogP contribution is 2.31. The Morgan fingerprint density at radius 3 is 1.87 bits per heavy atom. The van der Waals surface area contributed by atoms with E-state index in [1.807, 2.05) is 70.3 Å². The lowest BCUT2D eigenvalue weighted by molar-refractivity contribution is -0.148. The highest BCUT2D eigenvalue weighted by Gasteiger charge is 2.44. The van der Waals surface area contributed by atoms with E-state index in [2.05, 4.69) is 41.7 Å². The molecule has 1 aliphatic heterocycles. The molecule has 11 atom stereocenters. The molecule has 0 aliphatic carbocycles. The summed E-state index contributed by atoms with van der Waals surface area (Å²) in [5.74, 6) is -0.136. The van der Waals surface area contributed by atoms with Crippen LogP contribution in [0.15, 0.2) is 66.2 Å². The lowest BCUT2D eigenvalue weighted by atomic mass is 9.89. The van der Waals surface area contributed by atoms with Crippen LogP contribution in [0.4, 0.5) is 15.3 Å². The molecule has 2 heterocycles. The number of hydrogen-bond acceptors (Lipinski definition) is 20. The highest BCUT2D eigenvalue weighted by molar-refractivity contribution is 7.09. The van der Waals surface area contributed by atoms with Crippen LogP contribution in [0.3, 0.4) is 0 Å². The number of thiazole rings is 1. The predicted octanol–water partition coefficient (Wildman–Crippen LogP) is 5.26. The second kappa shape index (κ2) is 46.2. The maximum Gasteiger partial charge on any atom is 0.410 e. The van der Waals surface area contributed by atoms with Crippen molar-refractivity contribution in [3.63, 3.8) is 0 Å². The van der Waals surface area contributed by atoms with Gasteiger partial charge in [0, 0.05) is 65.1 Å². The standard InChI is InChI=1S/C71H114N12O17S/c1-14-48(8)62(56(93-12)43-58(85)83-31-19-23-55(83)63(94-13)49(9)64(86)78-54(68-74-30-41-101-68)42-50-20-16-15-17-21-50)81(10)69(90)60(46(4)5)80-67(89)61(47(6)7)82(11)71(92)99-44-51-24-26-52(27-25-51)76-65(87)53(22-18-29-75-70(72)91)77-66(88)59(45(2)3)79-57(84)28-32-95-33-34-96-35-36-97-37-38-98-39-40-100-73/h15-17,20-21,24-27,30,41,45-49,53-56,59-63H,14,18-19,22-23,28-29,31-40,42-44,73H2,1-13H3,(H,76,87)(H,77,88)(H,78,86)(H,79,84)(H,80,89)(H3,72,75,91)/t48-,49+,53-,54-,55-,56?,59-,60-,61?,62-,63?/m0/s1. The van der Waals surface area contributed by atoms with Crippen molar-refractivity contribution in [2.75, 3.05) is 106 Å². The Hall–Kier alpha value is -7.42. The molecule has 4 rings (SSSR count). The molecule has 1 aromatic heterocycles. The number of methoxy groups -OCH3 is 2. The monoisotopic (exact) mass is 1440 g/mol. The molecule has 0 bridgehead atoms. The number of rotatable bonds is 48. The van der Waals surface area contributed by atoms with Gasteiger partial charge in [-0.05, 0) is 79.0 Å². The summed E-state index contributed by atoms with van der Waals surface area (Å²) in [6, 6.07) is 9.90. The van der Waals surface area contributed by atoms with Crippen LogP contribution in [0.1, 0.15) is 129 Å². The molecule has 101 heavy (non-hydrogen) atoms. The number of carbonyl (C=O) groups excluding carboxylic acids is 9. The van der Waals surface area contributed by atoms with Gasteiger partial charge in [-0.15, -0.1) is 11.3 Å². The first kappa shape index (κ1) is 86.0. The van der Waals surface area contributed by atoms with Crippen molar-refractivity contribution in [3.8, 4) is 0 Å². The largest absolute Gasteiger partial charge is 0.445 e. The summed E-state index contributed by atoms with van der Waals surface area (Å²) in [6.07, 6.45) is 2.23. The number of carbonyl (C=O) groups is 9. The van der Waals surface area contributed by atoms with Gasteiger partial charge in [-0.2, -0.15) is 0 Å². The zero-order chi connectivity index (χ0) is 74.6. The molecule has 1 fully saturated rings. The Morgan fingerprint density at radius 2 is 1.32 bits per heavy atom. The fraction of sp³-hybridized carbons (Fsp3) is 0.662. The average molecular weight is 1440 g/mol. The number of likely N-dealkylation sites (tertiary alicyclic amines) is 1. The zero-order valence-corrected chi connectivity index (χ0v) is 62.2. The molecular weight excluding hydrogens is 1320 g/mol. The maximum absolute atomic E-state index is 14.9. The van der Waals surface area contributed by atoms with E-state index in [0.717, 1.165) is 10.6 Å². The van der Waals surface area contributed by atoms with E-state index in [1.165, 1.54) is 30.4 Å². The molecular formula is C71H114N12O17S. The van der Waals surface area contributed by atoms with Gasteiger partial charge in [-0.1, -0.05) is 111 Å². The first-order valence-corrected chi connectivity index (χ1v) is 35.9. The third kappa shape index (κ3) is 29.1. The number of amides is 10. The number of anilines is 1. The van der Waals surface area contributed by atoms with E-state index >= 15 is 0 Å². The second-order valence-electron chi connectivity index (χ2n) is 26.3. The number of nitrogens with one attached hydrogen (secondary N) is 6. The number of benzene rings is 2. The van der Waals surface area contributed by atoms with E-state index in [-0.39, 0.29) is 88.3 Å². The van der Waals surface area contributed by atoms with Gasteiger partial charge in [0.15, 0.2) is 0 Å². The normalized spacial score (nSPS) is 16.0. The number of likely N-dealkylation sites (N-methyl/N-ethyl adjacent to an activating group) is 2. The average Bonchev–Trinajstić information content (AvgIpc) is 1.40. The number of hydrogen-bond donors (Lipinski definition) is 8. The van der Waals surface area contributed by atoms with Crippen LogP contribution in [-0.4, -0.2) is 222 Å². The van der Waals surface area contributed by atoms with Crippen LogP contribution in [0.2, 0.25) is 0 Å². The Bertz CT molecular complexity index is 2970. The number of ether oxygens (including phenoxy) is 7. The van der Waals surface area contributed by atoms with Crippen molar-refractivity contribution < 1.29 is 81.1 Å². The van der Waals surface area contributed by atoms with Gasteiger partial charge in [0.2, 0.25) is 41.4 Å². The van der Waals surface area contributed by atoms with E-state index < -0.39 is 108 Å². The summed E-state index contributed by atoms with van der Waals surface area (Å²) >= 11 is 1.47. The van der Waals surface area contributed by atoms with E-state index in [1.54, 1.807) is 82.1 Å². The van der Waals surface area contributed by atoms with Crippen molar-refractivity contribution in [1.29, 1.82) is 0 Å². The van der Waals surface area contributed by atoms with Crippen LogP contribution in [0.5, 0.6) is 0 Å². The molecule has 1 aliphatic rings. The van der Waals surface area contributed by atoms with Crippen molar-refractivity contribution in [2.24, 2.45) is 41.2 Å². The molecule has 10 N–H and O–H groups in total. The van der Waals surface area contributed by atoms with Gasteiger partial charge in [-0.25, -0.2) is 20.5 Å². The van der Waals surface area contributed by atoms with Crippen molar-refractivity contribution in [1.82, 2.24) is 46.3 Å². The summed E-state index contributed by atoms with van der Waals surface area (Å²) in [5.41, 5.74) is 7.19. The summed E-state index contributed by atoms with van der Waals surface area (Å²) in [4.78, 5) is 137. The van der Waals surface area contributed by atoms with Gasteiger partial charge >= 0.3 is 12.1 Å². The second-order valence-corrected chi connectivity index (χ2v) is 27.3. The van der Waals surface area contributed by atoms with Gasteiger partial charge in [0.05, 0.1) is 102 Å². The van der Waals surface area contributed by atoms with Crippen molar-refractivity contribution in [2.45, 2.75) is 175 Å². The Labute approximate surface area is 599 Å². The topological polar surface area (TPSA) is 374 Å². The van der Waals surface area contributed by atoms with Crippen LogP contribution < -0.4 is 43.5 Å². The van der Waals surface area contributed by atoms with Crippen LogP contribution in [0.25, 0.3) is 0 Å². The van der Waals surface area contributed by atoms with Crippen LogP contribution >= 0.6 is 11.3 Å². The summed E-state index contributed by atoms with van der Waals surface area (Å²) < 4.78 is 39.6. The Morgan fingerprint density at radius 1 is 0.693 bits per heavy atom. The van der Waals surface area contributed by atoms with Crippen molar-refractivity contribution >= 4 is 70.5 Å². The molecule has 30 heteroatoms. The summed E-state index contributed by atoms with van der Waals surface area (Å²) in [7, 11) is 6.17. The lowest BCUT2D eigenvalue weighted by Gasteiger charge is -2.41. The number of aromatic nitrogens is 1. The lowest BCUT2D eigenvalue weighted by Crippen LogP contribution is -2.60. The first-order chi connectivity index (χ1) is 48.3. The quantitative estimate of drug-likeness (QED) is 0.0264. The number of nitrogens with zero attached hydrogens (tertiary/aromatic N) is 4. The van der Waals surface area contributed by atoms with Gasteiger partial charge in [0.1, 0.15) is 35.8 Å². The minimum atomic E-state index is -1.11. The molecule has 1 saturated heterocycles. The number of urea groups is 1. The minimum absolute atomic E-state index is 0.0395. The SMILES string of the molecule is CC[C@H](C)[C@@H](C(CC(=O)N1CCC[C@H]1C(OC)[C@@H](C)C(=O)N[C@@H](Cc1ccccc1)c1nccs1)OC)N(C)C(=O)[C@@H](NC(=O)C(C(C)C)N(C)C(=O)OCc1ccc(NC(=O)[C@H](CCCNC(N)=O)NC(=O)[C@@H](NC(=O)CCOCCOCCOCCOCCON)C(C)C)cc1)C(C)C. The number of nitrogens with two attached hydrogens (primary N) is 2. The van der Waals surface area contributed by atoms with E-state index in [4.69, 9.17) is 44.8 Å². The van der Waals surface area contributed by atoms with Crippen LogP contribution in [-0.2, 0) is 84.6 Å². The fourth-order valence-corrected chi connectivity index (χ4v) is 12.8. The molecule has 0 saturated carbocycles. The van der Waals surface area contributed by atoms with Gasteiger partial charge in [-0.3, -0.25) is 38.5 Å². The zero-order valence-electron chi connectivity index (χ0n) is 61.4. The van der Waals surface area contributed by atoms with E-state index in [9.17, 15) is 43.2 Å². The maximum atomic E-state index is 14.9. The molecule has 0 spiro atoms. The Balaban J connectivity index is 1.35. The first-order valence-electron chi connectivity index (χ1n) is 35.0. The smallest absolute Gasteiger partial charge is 0.410 e. The van der Waals surface area contributed by atoms with Crippen molar-refractivity contribution in [3.05, 3.63) is 82.3 Å². The van der Waals surface area contributed by atoms with Gasteiger partial charge < -0.3 is 85.4 Å². The molecule has 10 amide bonds. The Kier molecular flexibility index (Phi) is 39.4. The molecule has 3 unspecified atom stereocenters.